The van der Waals surface area contributed by atoms with Crippen LogP contribution in [0, 0.1) is 0 Å². The third-order valence-corrected chi connectivity index (χ3v) is 7.50. The van der Waals surface area contributed by atoms with Gasteiger partial charge in [-0.25, -0.2) is 0 Å². The van der Waals surface area contributed by atoms with E-state index in [1.54, 1.807) is 11.1 Å². The molecule has 2 aliphatic carbocycles. The van der Waals surface area contributed by atoms with Crippen molar-refractivity contribution in [1.29, 1.82) is 0 Å². The molecule has 2 heteroatoms. The summed E-state index contributed by atoms with van der Waals surface area (Å²) >= 11 is 0. The molecule has 0 saturated carbocycles. The van der Waals surface area contributed by atoms with Crippen molar-refractivity contribution in [3.05, 3.63) is 107 Å². The fourth-order valence-corrected chi connectivity index (χ4v) is 6.27. The SMILES string of the molecule is c1ccc(CN(Cc2ccccc2)C23CC4CC(CC(C2)c2ccccc24)O3)cc1. The van der Waals surface area contributed by atoms with Gasteiger partial charge in [-0.05, 0) is 59.8 Å². The fourth-order valence-electron chi connectivity index (χ4n) is 6.27. The van der Waals surface area contributed by atoms with Gasteiger partial charge in [-0.15, -0.1) is 0 Å². The van der Waals surface area contributed by atoms with E-state index in [4.69, 9.17) is 4.74 Å². The molecule has 0 amide bonds. The summed E-state index contributed by atoms with van der Waals surface area (Å²) in [6, 6.07) is 31.0. The first-order valence-electron chi connectivity index (χ1n) is 11.4. The molecule has 2 saturated heterocycles. The summed E-state index contributed by atoms with van der Waals surface area (Å²) in [6.07, 6.45) is 4.95. The van der Waals surface area contributed by atoms with E-state index in [1.165, 1.54) is 24.0 Å². The van der Waals surface area contributed by atoms with Crippen molar-refractivity contribution >= 4 is 0 Å². The lowest BCUT2D eigenvalue weighted by Gasteiger charge is -2.54. The Hall–Kier alpha value is -2.42. The second kappa shape index (κ2) is 7.37. The van der Waals surface area contributed by atoms with Gasteiger partial charge in [-0.2, -0.15) is 0 Å². The highest BCUT2D eigenvalue weighted by Gasteiger charge is 2.54. The quantitative estimate of drug-likeness (QED) is 0.507. The Morgan fingerprint density at radius 3 is 1.63 bits per heavy atom. The van der Waals surface area contributed by atoms with Gasteiger partial charge in [-0.1, -0.05) is 84.9 Å². The molecule has 3 aromatic rings. The minimum absolute atomic E-state index is 0.179. The molecule has 3 aromatic carbocycles. The van der Waals surface area contributed by atoms with Crippen LogP contribution >= 0.6 is 0 Å². The summed E-state index contributed by atoms with van der Waals surface area (Å²) in [5.41, 5.74) is 5.73. The molecule has 0 radical (unpaired) electrons. The van der Waals surface area contributed by atoms with Crippen LogP contribution in [0.2, 0.25) is 0 Å². The predicted octanol–water partition coefficient (Wildman–Crippen LogP) is 6.24. The first kappa shape index (κ1) is 18.4. The van der Waals surface area contributed by atoms with Crippen LogP contribution in [-0.2, 0) is 17.8 Å². The van der Waals surface area contributed by atoms with Crippen molar-refractivity contribution in [2.24, 2.45) is 0 Å². The van der Waals surface area contributed by atoms with E-state index in [-0.39, 0.29) is 5.72 Å². The first-order chi connectivity index (χ1) is 14.8. The summed E-state index contributed by atoms with van der Waals surface area (Å²) in [5.74, 6) is 1.22. The monoisotopic (exact) mass is 395 g/mol. The summed E-state index contributed by atoms with van der Waals surface area (Å²) in [5, 5.41) is 0. The zero-order valence-electron chi connectivity index (χ0n) is 17.4. The Balaban J connectivity index is 1.40. The van der Waals surface area contributed by atoms with Crippen LogP contribution in [-0.4, -0.2) is 16.7 Å². The first-order valence-corrected chi connectivity index (χ1v) is 11.4. The van der Waals surface area contributed by atoms with Crippen LogP contribution < -0.4 is 0 Å². The molecule has 4 bridgehead atoms. The molecule has 2 fully saturated rings. The molecule has 152 valence electrons. The third kappa shape index (κ3) is 3.19. The number of benzene rings is 3. The van der Waals surface area contributed by atoms with E-state index in [9.17, 15) is 0 Å². The van der Waals surface area contributed by atoms with Gasteiger partial charge < -0.3 is 4.74 Å². The minimum Gasteiger partial charge on any atom is -0.357 e. The van der Waals surface area contributed by atoms with Gasteiger partial charge in [0.15, 0.2) is 0 Å². The molecule has 2 heterocycles. The van der Waals surface area contributed by atoms with Crippen molar-refractivity contribution in [1.82, 2.24) is 4.90 Å². The van der Waals surface area contributed by atoms with Crippen molar-refractivity contribution in [2.45, 2.75) is 62.4 Å². The minimum atomic E-state index is -0.179. The zero-order valence-corrected chi connectivity index (χ0v) is 17.4. The van der Waals surface area contributed by atoms with Gasteiger partial charge in [-0.3, -0.25) is 4.90 Å². The molecule has 0 spiro atoms. The van der Waals surface area contributed by atoms with Crippen LogP contribution in [0.25, 0.3) is 0 Å². The largest absolute Gasteiger partial charge is 0.357 e. The van der Waals surface area contributed by atoms with E-state index in [1.807, 2.05) is 0 Å². The Bertz CT molecular complexity index is 939. The van der Waals surface area contributed by atoms with Crippen molar-refractivity contribution < 1.29 is 4.74 Å². The Morgan fingerprint density at radius 2 is 1.13 bits per heavy atom. The highest BCUT2D eigenvalue weighted by Crippen LogP contribution is 2.56. The maximum atomic E-state index is 6.95. The van der Waals surface area contributed by atoms with Crippen LogP contribution in [0.3, 0.4) is 0 Å². The number of hydrogen-bond donors (Lipinski definition) is 0. The maximum absolute atomic E-state index is 6.95. The summed E-state index contributed by atoms with van der Waals surface area (Å²) in [7, 11) is 0. The van der Waals surface area contributed by atoms with Crippen molar-refractivity contribution in [2.75, 3.05) is 0 Å². The van der Waals surface area contributed by atoms with Crippen LogP contribution in [0.15, 0.2) is 84.9 Å². The number of ether oxygens (including phenoxy) is 1. The Morgan fingerprint density at radius 1 is 0.667 bits per heavy atom. The van der Waals surface area contributed by atoms with Crippen LogP contribution in [0.4, 0.5) is 0 Å². The van der Waals surface area contributed by atoms with E-state index in [2.05, 4.69) is 89.8 Å². The van der Waals surface area contributed by atoms with Crippen LogP contribution in [0.5, 0.6) is 0 Å². The second-order valence-electron chi connectivity index (χ2n) is 9.42. The molecular formula is C28H29NO. The van der Waals surface area contributed by atoms with E-state index < -0.39 is 0 Å². The highest BCUT2D eigenvalue weighted by molar-refractivity contribution is 5.38. The van der Waals surface area contributed by atoms with Gasteiger partial charge in [0, 0.05) is 13.1 Å². The molecular weight excluding hydrogens is 366 g/mol. The Kier molecular flexibility index (Phi) is 4.51. The smallest absolute Gasteiger partial charge is 0.123 e. The highest BCUT2D eigenvalue weighted by atomic mass is 16.5. The van der Waals surface area contributed by atoms with E-state index in [0.29, 0.717) is 17.9 Å². The molecule has 4 aliphatic rings. The summed E-state index contributed by atoms with van der Waals surface area (Å²) < 4.78 is 6.95. The predicted molar refractivity (Wildman–Crippen MR) is 120 cm³/mol. The lowest BCUT2D eigenvalue weighted by atomic mass is 9.78. The Labute approximate surface area is 179 Å². The fraction of sp³-hybridized carbons (Fsp3) is 0.357. The molecule has 7 rings (SSSR count). The average molecular weight is 396 g/mol. The molecule has 0 N–H and O–H groups in total. The number of nitrogens with zero attached hydrogens (tertiary/aromatic N) is 1. The van der Waals surface area contributed by atoms with Gasteiger partial charge >= 0.3 is 0 Å². The van der Waals surface area contributed by atoms with Gasteiger partial charge in [0.25, 0.3) is 0 Å². The lowest BCUT2D eigenvalue weighted by Crippen LogP contribution is -2.57. The number of hydrogen-bond acceptors (Lipinski definition) is 2. The van der Waals surface area contributed by atoms with Crippen molar-refractivity contribution in [3.63, 3.8) is 0 Å². The average Bonchev–Trinajstić information content (AvgIpc) is 2.95. The lowest BCUT2D eigenvalue weighted by molar-refractivity contribution is -0.249. The van der Waals surface area contributed by atoms with Crippen LogP contribution in [0.1, 0.15) is 59.8 Å². The van der Waals surface area contributed by atoms with Gasteiger partial charge in [0.05, 0.1) is 6.10 Å². The summed E-state index contributed by atoms with van der Waals surface area (Å²) in [4.78, 5) is 2.65. The second-order valence-corrected chi connectivity index (χ2v) is 9.42. The van der Waals surface area contributed by atoms with E-state index in [0.717, 1.165) is 25.9 Å². The zero-order chi connectivity index (χ0) is 20.0. The molecule has 2 nitrogen and oxygen atoms in total. The molecule has 2 atom stereocenters. The standard InChI is InChI=1S/C28H29NO/c1-3-9-21(10-4-1)19-29(20-22-11-5-2-6-12-22)28-17-23-15-25(30-28)16-24(18-28)27-14-8-7-13-26(23)27/h1-14,23-25H,15-20H2. The van der Waals surface area contributed by atoms with Crippen molar-refractivity contribution in [3.8, 4) is 0 Å². The van der Waals surface area contributed by atoms with E-state index >= 15 is 0 Å². The molecule has 2 aliphatic heterocycles. The topological polar surface area (TPSA) is 12.5 Å². The molecule has 2 unspecified atom stereocenters. The summed E-state index contributed by atoms with van der Waals surface area (Å²) in [6.45, 7) is 1.86. The molecule has 30 heavy (non-hydrogen) atoms. The molecule has 0 aromatic heterocycles. The third-order valence-electron chi connectivity index (χ3n) is 7.50. The normalized spacial score (nSPS) is 29.0. The van der Waals surface area contributed by atoms with Gasteiger partial charge in [0.2, 0.25) is 0 Å². The number of rotatable bonds is 5. The van der Waals surface area contributed by atoms with Gasteiger partial charge in [0.1, 0.15) is 5.72 Å². The maximum Gasteiger partial charge on any atom is 0.123 e.